The first kappa shape index (κ1) is 9.71. The Kier molecular flexibility index (Phi) is 2.87. The molecule has 14 heavy (non-hydrogen) atoms. The summed E-state index contributed by atoms with van der Waals surface area (Å²) in [6, 6.07) is 0.629. The molecular weight excluding hydrogens is 174 g/mol. The number of hydrogen-bond donors (Lipinski definition) is 1. The van der Waals surface area contributed by atoms with Crippen LogP contribution in [0.4, 0.5) is 0 Å². The van der Waals surface area contributed by atoms with Crippen LogP contribution >= 0.6 is 0 Å². The van der Waals surface area contributed by atoms with E-state index in [0.29, 0.717) is 12.0 Å². The van der Waals surface area contributed by atoms with Crippen LogP contribution in [0, 0.1) is 5.92 Å². The molecule has 2 atom stereocenters. The summed E-state index contributed by atoms with van der Waals surface area (Å²) >= 11 is 0. The second kappa shape index (κ2) is 4.13. The number of rotatable bonds is 4. The number of aryl methyl sites for hydroxylation is 1. The molecule has 2 rings (SSSR count). The first-order chi connectivity index (χ1) is 6.86. The molecule has 0 amide bonds. The van der Waals surface area contributed by atoms with Gasteiger partial charge in [0, 0.05) is 24.9 Å². The van der Waals surface area contributed by atoms with Gasteiger partial charge in [0.15, 0.2) is 0 Å². The van der Waals surface area contributed by atoms with Crippen molar-refractivity contribution in [1.29, 1.82) is 0 Å². The van der Waals surface area contributed by atoms with Crippen LogP contribution in [0.15, 0.2) is 12.4 Å². The van der Waals surface area contributed by atoms with E-state index in [9.17, 15) is 0 Å². The minimum Gasteiger partial charge on any atom is -0.332 e. The molecule has 3 nitrogen and oxygen atoms in total. The lowest BCUT2D eigenvalue weighted by atomic mass is 9.79. The Balaban J connectivity index is 2.11. The lowest BCUT2D eigenvalue weighted by Crippen LogP contribution is -2.35. The van der Waals surface area contributed by atoms with Gasteiger partial charge in [-0.25, -0.2) is 4.98 Å². The highest BCUT2D eigenvalue weighted by Crippen LogP contribution is 2.38. The number of aromatic nitrogens is 2. The van der Waals surface area contributed by atoms with Crippen molar-refractivity contribution < 1.29 is 0 Å². The Labute approximate surface area is 85.3 Å². The summed E-state index contributed by atoms with van der Waals surface area (Å²) < 4.78 is 2.34. The molecule has 0 radical (unpaired) electrons. The highest BCUT2D eigenvalue weighted by molar-refractivity contribution is 5.00. The summed E-state index contributed by atoms with van der Waals surface area (Å²) in [7, 11) is 0. The topological polar surface area (TPSA) is 43.8 Å². The predicted molar refractivity (Wildman–Crippen MR) is 57.0 cm³/mol. The molecule has 1 aromatic heterocycles. The fraction of sp³-hybridized carbons (Fsp3) is 0.727. The average molecular weight is 193 g/mol. The van der Waals surface area contributed by atoms with E-state index in [0.717, 1.165) is 19.4 Å². The van der Waals surface area contributed by atoms with Gasteiger partial charge in [0.25, 0.3) is 0 Å². The van der Waals surface area contributed by atoms with E-state index in [1.165, 1.54) is 18.7 Å². The van der Waals surface area contributed by atoms with Crippen molar-refractivity contribution in [2.75, 3.05) is 6.54 Å². The zero-order chi connectivity index (χ0) is 9.97. The molecule has 2 unspecified atom stereocenters. The zero-order valence-electron chi connectivity index (χ0n) is 8.82. The van der Waals surface area contributed by atoms with Gasteiger partial charge in [-0.1, -0.05) is 6.92 Å². The van der Waals surface area contributed by atoms with Crippen molar-refractivity contribution >= 4 is 0 Å². The maximum absolute atomic E-state index is 5.72. The molecule has 0 spiro atoms. The third-order valence-electron chi connectivity index (χ3n) is 3.26. The molecule has 1 saturated carbocycles. The number of nitrogens with zero attached hydrogens (tertiary/aromatic N) is 2. The first-order valence-electron chi connectivity index (χ1n) is 5.58. The summed E-state index contributed by atoms with van der Waals surface area (Å²) in [5.74, 6) is 1.91. The number of imidazole rings is 1. The van der Waals surface area contributed by atoms with Gasteiger partial charge in [0.05, 0.1) is 0 Å². The van der Waals surface area contributed by atoms with Crippen molar-refractivity contribution in [3.63, 3.8) is 0 Å². The van der Waals surface area contributed by atoms with Crippen LogP contribution in [0.2, 0.25) is 0 Å². The van der Waals surface area contributed by atoms with Crippen LogP contribution in [0.5, 0.6) is 0 Å². The quantitative estimate of drug-likeness (QED) is 0.791. The molecule has 0 aliphatic heterocycles. The zero-order valence-corrected chi connectivity index (χ0v) is 8.82. The van der Waals surface area contributed by atoms with Gasteiger partial charge in [-0.15, -0.1) is 0 Å². The normalized spacial score (nSPS) is 26.1. The van der Waals surface area contributed by atoms with Crippen LogP contribution in [-0.4, -0.2) is 16.1 Å². The second-order valence-corrected chi connectivity index (χ2v) is 4.14. The van der Waals surface area contributed by atoms with E-state index in [2.05, 4.69) is 22.7 Å². The lowest BCUT2D eigenvalue weighted by molar-refractivity contribution is 0.185. The van der Waals surface area contributed by atoms with Gasteiger partial charge in [-0.2, -0.15) is 0 Å². The molecule has 0 bridgehead atoms. The highest BCUT2D eigenvalue weighted by atomic mass is 15.1. The molecule has 1 heterocycles. The summed E-state index contributed by atoms with van der Waals surface area (Å²) in [6.45, 7) is 3.01. The molecule has 1 aromatic rings. The Hall–Kier alpha value is -0.830. The van der Waals surface area contributed by atoms with E-state index in [1.54, 1.807) is 0 Å². The number of hydrogen-bond acceptors (Lipinski definition) is 2. The van der Waals surface area contributed by atoms with Gasteiger partial charge in [0.1, 0.15) is 5.82 Å². The summed E-state index contributed by atoms with van der Waals surface area (Å²) in [5, 5.41) is 0. The van der Waals surface area contributed by atoms with E-state index >= 15 is 0 Å². The van der Waals surface area contributed by atoms with Gasteiger partial charge < -0.3 is 10.3 Å². The Morgan fingerprint density at radius 2 is 2.43 bits per heavy atom. The summed E-state index contributed by atoms with van der Waals surface area (Å²) in [6.07, 6.45) is 8.83. The average Bonchev–Trinajstić information content (AvgIpc) is 2.53. The van der Waals surface area contributed by atoms with E-state index in [-0.39, 0.29) is 0 Å². The minimum atomic E-state index is 0.629. The molecule has 3 heteroatoms. The molecule has 0 aromatic carbocycles. The highest BCUT2D eigenvalue weighted by Gasteiger charge is 2.31. The Morgan fingerprint density at radius 1 is 1.57 bits per heavy atom. The number of nitrogens with two attached hydrogens (primary N) is 1. The SMILES string of the molecule is CCCc1nccn1C1CCC1CN. The Morgan fingerprint density at radius 3 is 3.00 bits per heavy atom. The monoisotopic (exact) mass is 193 g/mol. The van der Waals surface area contributed by atoms with Crippen LogP contribution in [0.1, 0.15) is 38.1 Å². The minimum absolute atomic E-state index is 0.629. The van der Waals surface area contributed by atoms with Crippen LogP contribution in [0.25, 0.3) is 0 Å². The van der Waals surface area contributed by atoms with E-state index in [1.807, 2.05) is 6.20 Å². The lowest BCUT2D eigenvalue weighted by Gasteiger charge is -2.37. The third kappa shape index (κ3) is 1.57. The fourth-order valence-corrected chi connectivity index (χ4v) is 2.26. The first-order valence-corrected chi connectivity index (χ1v) is 5.58. The molecule has 1 fully saturated rings. The summed E-state index contributed by atoms with van der Waals surface area (Å²) in [5.41, 5.74) is 5.72. The standard InChI is InChI=1S/C11H19N3/c1-2-3-11-13-6-7-14(11)10-5-4-9(10)8-12/h6-7,9-10H,2-5,8,12H2,1H3. The smallest absolute Gasteiger partial charge is 0.108 e. The largest absolute Gasteiger partial charge is 0.332 e. The van der Waals surface area contributed by atoms with E-state index < -0.39 is 0 Å². The van der Waals surface area contributed by atoms with Crippen molar-refractivity contribution in [1.82, 2.24) is 9.55 Å². The van der Waals surface area contributed by atoms with Crippen molar-refractivity contribution in [2.24, 2.45) is 11.7 Å². The molecule has 2 N–H and O–H groups in total. The fourth-order valence-electron chi connectivity index (χ4n) is 2.26. The van der Waals surface area contributed by atoms with Crippen LogP contribution in [-0.2, 0) is 6.42 Å². The second-order valence-electron chi connectivity index (χ2n) is 4.14. The molecule has 1 aliphatic rings. The van der Waals surface area contributed by atoms with Gasteiger partial charge >= 0.3 is 0 Å². The van der Waals surface area contributed by atoms with Crippen LogP contribution < -0.4 is 5.73 Å². The van der Waals surface area contributed by atoms with Crippen molar-refractivity contribution in [3.05, 3.63) is 18.2 Å². The molecule has 1 aliphatic carbocycles. The van der Waals surface area contributed by atoms with Gasteiger partial charge in [-0.3, -0.25) is 0 Å². The third-order valence-corrected chi connectivity index (χ3v) is 3.26. The van der Waals surface area contributed by atoms with Crippen molar-refractivity contribution in [2.45, 2.75) is 38.6 Å². The summed E-state index contributed by atoms with van der Waals surface area (Å²) in [4.78, 5) is 4.40. The van der Waals surface area contributed by atoms with Crippen molar-refractivity contribution in [3.8, 4) is 0 Å². The molecular formula is C11H19N3. The van der Waals surface area contributed by atoms with Gasteiger partial charge in [0.2, 0.25) is 0 Å². The molecule has 78 valence electrons. The maximum atomic E-state index is 5.72. The van der Waals surface area contributed by atoms with Gasteiger partial charge in [-0.05, 0) is 31.7 Å². The maximum Gasteiger partial charge on any atom is 0.108 e. The molecule has 0 saturated heterocycles. The Bertz CT molecular complexity index is 290. The predicted octanol–water partition coefficient (Wildman–Crippen LogP) is 1.75. The van der Waals surface area contributed by atoms with Crippen LogP contribution in [0.3, 0.4) is 0 Å². The van der Waals surface area contributed by atoms with E-state index in [4.69, 9.17) is 5.73 Å².